The zero-order chi connectivity index (χ0) is 31.8. The Morgan fingerprint density at radius 2 is 1.87 bits per heavy atom. The van der Waals surface area contributed by atoms with Gasteiger partial charge < -0.3 is 35.1 Å². The molecular formula is C33H43N7O5. The monoisotopic (exact) mass is 617 g/mol. The average molecular weight is 618 g/mol. The normalized spacial score (nSPS) is 15.7. The Hall–Kier alpha value is -4.61. The van der Waals surface area contributed by atoms with Gasteiger partial charge in [0.2, 0.25) is 5.75 Å². The zero-order valence-corrected chi connectivity index (χ0v) is 26.5. The van der Waals surface area contributed by atoms with Crippen LogP contribution >= 0.6 is 0 Å². The van der Waals surface area contributed by atoms with Crippen LogP contribution in [0.5, 0.6) is 5.75 Å². The number of benzene rings is 1. The van der Waals surface area contributed by atoms with Gasteiger partial charge in [-0.2, -0.15) is 0 Å². The Kier molecular flexibility index (Phi) is 10.2. The first-order valence-electron chi connectivity index (χ1n) is 15.5. The minimum absolute atomic E-state index is 0.0116. The van der Waals surface area contributed by atoms with E-state index in [0.717, 1.165) is 62.4 Å². The summed E-state index contributed by atoms with van der Waals surface area (Å²) >= 11 is 0. The molecule has 12 nitrogen and oxygen atoms in total. The van der Waals surface area contributed by atoms with E-state index in [1.54, 1.807) is 27.9 Å². The predicted octanol–water partition coefficient (Wildman–Crippen LogP) is 4.67. The van der Waals surface area contributed by atoms with Gasteiger partial charge >= 0.3 is 12.1 Å². The number of nitrogens with one attached hydrogen (secondary N) is 3. The van der Waals surface area contributed by atoms with Crippen molar-refractivity contribution in [2.75, 3.05) is 48.8 Å². The van der Waals surface area contributed by atoms with E-state index in [1.165, 1.54) is 11.9 Å². The second-order valence-corrected chi connectivity index (χ2v) is 12.3. The lowest BCUT2D eigenvalue weighted by Gasteiger charge is -2.33. The first-order chi connectivity index (χ1) is 21.7. The van der Waals surface area contributed by atoms with E-state index in [2.05, 4.69) is 43.0 Å². The number of pyridine rings is 1. The number of fused-ring (bicyclic) bond motifs is 1. The Labute approximate surface area is 264 Å². The van der Waals surface area contributed by atoms with Gasteiger partial charge in [0.15, 0.2) is 11.6 Å². The van der Waals surface area contributed by atoms with E-state index >= 15 is 0 Å². The number of nitrogens with zero attached hydrogens (tertiary/aromatic N) is 4. The van der Waals surface area contributed by atoms with Gasteiger partial charge in [-0.3, -0.25) is 0 Å². The van der Waals surface area contributed by atoms with Gasteiger partial charge in [0.05, 0.1) is 7.11 Å². The van der Waals surface area contributed by atoms with Crippen molar-refractivity contribution >= 4 is 29.5 Å². The number of amides is 1. The molecule has 3 aromatic rings. The molecule has 2 aliphatic rings. The maximum Gasteiger partial charge on any atom is 0.408 e. The van der Waals surface area contributed by atoms with Gasteiger partial charge in [-0.1, -0.05) is 36.4 Å². The molecule has 1 fully saturated rings. The third-order valence-corrected chi connectivity index (χ3v) is 7.79. The van der Waals surface area contributed by atoms with E-state index in [4.69, 9.17) is 19.2 Å². The summed E-state index contributed by atoms with van der Waals surface area (Å²) in [4.78, 5) is 41.8. The van der Waals surface area contributed by atoms with Crippen LogP contribution in [0.4, 0.5) is 22.2 Å². The average Bonchev–Trinajstić information content (AvgIpc) is 3.05. The molecule has 0 aliphatic carbocycles. The van der Waals surface area contributed by atoms with E-state index in [0.29, 0.717) is 23.3 Å². The van der Waals surface area contributed by atoms with Crippen LogP contribution in [0.2, 0.25) is 0 Å². The molecule has 45 heavy (non-hydrogen) atoms. The predicted molar refractivity (Wildman–Crippen MR) is 172 cm³/mol. The second-order valence-electron chi connectivity index (χ2n) is 12.3. The molecule has 2 aromatic heterocycles. The molecular weight excluding hydrogens is 574 g/mol. The fourth-order valence-electron chi connectivity index (χ4n) is 5.53. The van der Waals surface area contributed by atoms with E-state index in [9.17, 15) is 9.59 Å². The number of piperidine rings is 1. The molecule has 1 saturated heterocycles. The van der Waals surface area contributed by atoms with Crippen molar-refractivity contribution in [2.45, 2.75) is 70.6 Å². The third-order valence-electron chi connectivity index (χ3n) is 7.79. The van der Waals surface area contributed by atoms with Crippen molar-refractivity contribution in [1.82, 2.24) is 20.3 Å². The van der Waals surface area contributed by atoms with Crippen LogP contribution in [0.25, 0.3) is 0 Å². The summed E-state index contributed by atoms with van der Waals surface area (Å²) in [6.45, 7) is 7.89. The molecule has 1 amide bonds. The smallest absolute Gasteiger partial charge is 0.408 e. The van der Waals surface area contributed by atoms with Crippen molar-refractivity contribution in [3.8, 4) is 5.75 Å². The first-order valence-corrected chi connectivity index (χ1v) is 15.5. The molecule has 0 radical (unpaired) electrons. The summed E-state index contributed by atoms with van der Waals surface area (Å²) in [5.41, 5.74) is 2.50. The number of hydrogen-bond donors (Lipinski definition) is 3. The first kappa shape index (κ1) is 31.8. The standard InChI is InChI=1S/C33H43N7O5/c1-33(2,3)45-31(41)26(39-32(42)44-20-22-9-6-5-7-10-22)19-35-29-27(43-4)30(37-21-36-29)40-17-14-23(15-18-40)25-13-12-24-11-8-16-34-28(24)38-25/h5-7,9-10,12-13,21,23,26H,8,11,14-20H2,1-4H3,(H,34,38)(H,39,42)(H,35,36,37). The maximum atomic E-state index is 13.1. The number of hydrogen-bond acceptors (Lipinski definition) is 11. The van der Waals surface area contributed by atoms with Crippen LogP contribution in [0.3, 0.4) is 0 Å². The Morgan fingerprint density at radius 3 is 2.60 bits per heavy atom. The lowest BCUT2D eigenvalue weighted by Crippen LogP contribution is -2.48. The summed E-state index contributed by atoms with van der Waals surface area (Å²) in [5, 5.41) is 9.23. The minimum atomic E-state index is -1.05. The number of rotatable bonds is 10. The summed E-state index contributed by atoms with van der Waals surface area (Å²) in [6.07, 6.45) is 4.80. The number of methoxy groups -OCH3 is 1. The molecule has 1 aromatic carbocycles. The number of anilines is 3. The van der Waals surface area contributed by atoms with Crippen LogP contribution in [0.1, 0.15) is 62.8 Å². The summed E-state index contributed by atoms with van der Waals surface area (Å²) in [7, 11) is 1.56. The molecule has 240 valence electrons. The number of ether oxygens (including phenoxy) is 3. The van der Waals surface area contributed by atoms with Gasteiger partial charge in [-0.05, 0) is 63.6 Å². The van der Waals surface area contributed by atoms with Gasteiger partial charge in [-0.15, -0.1) is 0 Å². The van der Waals surface area contributed by atoms with Crippen molar-refractivity contribution in [3.05, 3.63) is 65.6 Å². The molecule has 3 N–H and O–H groups in total. The van der Waals surface area contributed by atoms with E-state index < -0.39 is 23.7 Å². The van der Waals surface area contributed by atoms with Crippen molar-refractivity contribution in [2.24, 2.45) is 0 Å². The fourth-order valence-corrected chi connectivity index (χ4v) is 5.53. The van der Waals surface area contributed by atoms with Crippen LogP contribution < -0.4 is 25.6 Å². The second kappa shape index (κ2) is 14.4. The molecule has 5 rings (SSSR count). The highest BCUT2D eigenvalue weighted by Crippen LogP contribution is 2.36. The van der Waals surface area contributed by atoms with Gasteiger partial charge in [0.25, 0.3) is 0 Å². The van der Waals surface area contributed by atoms with Gasteiger partial charge in [-0.25, -0.2) is 24.5 Å². The fraction of sp³-hybridized carbons (Fsp3) is 0.485. The third kappa shape index (κ3) is 8.52. The molecule has 0 bridgehead atoms. The molecule has 0 saturated carbocycles. The Balaban J connectivity index is 1.23. The summed E-state index contributed by atoms with van der Waals surface area (Å²) < 4.78 is 16.7. The maximum absolute atomic E-state index is 13.1. The number of esters is 1. The topological polar surface area (TPSA) is 140 Å². The molecule has 4 heterocycles. The van der Waals surface area contributed by atoms with E-state index in [-0.39, 0.29) is 13.2 Å². The number of carbonyl (C=O) groups excluding carboxylic acids is 2. The largest absolute Gasteiger partial charge is 0.490 e. The van der Waals surface area contributed by atoms with Crippen molar-refractivity contribution in [3.63, 3.8) is 0 Å². The summed E-state index contributed by atoms with van der Waals surface area (Å²) in [5.74, 6) is 2.31. The number of carbonyl (C=O) groups is 2. The zero-order valence-electron chi connectivity index (χ0n) is 26.5. The Bertz CT molecular complexity index is 1460. The molecule has 1 unspecified atom stereocenters. The SMILES string of the molecule is COc1c(NCC(NC(=O)OCc2ccccc2)C(=O)OC(C)(C)C)ncnc1N1CCC(c2ccc3c(n2)NCCC3)CC1. The van der Waals surface area contributed by atoms with Crippen LogP contribution in [0.15, 0.2) is 48.8 Å². The van der Waals surface area contributed by atoms with Gasteiger partial charge in [0, 0.05) is 37.8 Å². The molecule has 1 atom stereocenters. The quantitative estimate of drug-likeness (QED) is 0.274. The number of aryl methyl sites for hydroxylation is 1. The van der Waals surface area contributed by atoms with Crippen molar-refractivity contribution < 1.29 is 23.8 Å². The van der Waals surface area contributed by atoms with Crippen LogP contribution in [-0.2, 0) is 27.3 Å². The highest BCUT2D eigenvalue weighted by molar-refractivity contribution is 5.82. The van der Waals surface area contributed by atoms with Crippen molar-refractivity contribution in [1.29, 1.82) is 0 Å². The number of aromatic nitrogens is 3. The van der Waals surface area contributed by atoms with Crippen LogP contribution in [0, 0.1) is 0 Å². The molecule has 12 heteroatoms. The van der Waals surface area contributed by atoms with Gasteiger partial charge in [0.1, 0.15) is 30.4 Å². The lowest BCUT2D eigenvalue weighted by atomic mass is 9.92. The number of alkyl carbamates (subject to hydrolysis) is 1. The summed E-state index contributed by atoms with van der Waals surface area (Å²) in [6, 6.07) is 12.6. The lowest BCUT2D eigenvalue weighted by molar-refractivity contribution is -0.156. The highest BCUT2D eigenvalue weighted by Gasteiger charge is 2.30. The minimum Gasteiger partial charge on any atom is -0.490 e. The Morgan fingerprint density at radius 1 is 1.09 bits per heavy atom. The van der Waals surface area contributed by atoms with E-state index in [1.807, 2.05) is 30.3 Å². The molecule has 0 spiro atoms. The highest BCUT2D eigenvalue weighted by atomic mass is 16.6. The van der Waals surface area contributed by atoms with Crippen LogP contribution in [-0.4, -0.2) is 71.9 Å². The molecule has 2 aliphatic heterocycles.